The SMILES string of the molecule is CCC1CC1(CCC(C)C1CCC2C3CC=C4CC(O)CCC4(C)C3CCC12C)C(C)C. The lowest BCUT2D eigenvalue weighted by Crippen LogP contribution is -2.50. The van der Waals surface area contributed by atoms with E-state index in [0.717, 1.165) is 54.3 Å². The van der Waals surface area contributed by atoms with Gasteiger partial charge in [-0.1, -0.05) is 59.6 Å². The summed E-state index contributed by atoms with van der Waals surface area (Å²) in [5.74, 6) is 6.44. The Morgan fingerprint density at radius 3 is 2.50 bits per heavy atom. The van der Waals surface area contributed by atoms with E-state index in [2.05, 4.69) is 47.6 Å². The van der Waals surface area contributed by atoms with Crippen LogP contribution in [0.4, 0.5) is 0 Å². The average molecular weight is 441 g/mol. The molecule has 0 heterocycles. The highest BCUT2D eigenvalue weighted by Gasteiger charge is 2.60. The summed E-state index contributed by atoms with van der Waals surface area (Å²) in [6, 6.07) is 0. The van der Waals surface area contributed by atoms with E-state index in [1.807, 2.05) is 0 Å². The van der Waals surface area contributed by atoms with E-state index in [0.29, 0.717) is 16.2 Å². The zero-order valence-electron chi connectivity index (χ0n) is 22.1. The van der Waals surface area contributed by atoms with Gasteiger partial charge in [0.05, 0.1) is 6.10 Å². The van der Waals surface area contributed by atoms with Crippen LogP contribution in [-0.2, 0) is 0 Å². The summed E-state index contributed by atoms with van der Waals surface area (Å²) in [7, 11) is 0. The molecule has 1 N–H and O–H groups in total. The highest BCUT2D eigenvalue weighted by Crippen LogP contribution is 2.68. The quantitative estimate of drug-likeness (QED) is 0.411. The van der Waals surface area contributed by atoms with E-state index in [9.17, 15) is 5.11 Å². The van der Waals surface area contributed by atoms with Crippen molar-refractivity contribution in [1.29, 1.82) is 0 Å². The molecule has 0 aromatic heterocycles. The van der Waals surface area contributed by atoms with Gasteiger partial charge in [-0.15, -0.1) is 0 Å². The fraction of sp³-hybridized carbons (Fsp3) is 0.935. The Hall–Kier alpha value is -0.300. The summed E-state index contributed by atoms with van der Waals surface area (Å²) >= 11 is 0. The Balaban J connectivity index is 1.29. The normalized spacial score (nSPS) is 50.9. The molecular formula is C31H52O. The van der Waals surface area contributed by atoms with Gasteiger partial charge < -0.3 is 5.11 Å². The van der Waals surface area contributed by atoms with Gasteiger partial charge in [0, 0.05) is 0 Å². The Kier molecular flexibility index (Phi) is 5.96. The topological polar surface area (TPSA) is 20.2 Å². The predicted molar refractivity (Wildman–Crippen MR) is 135 cm³/mol. The first-order chi connectivity index (χ1) is 15.2. The molecule has 10 unspecified atom stereocenters. The molecule has 32 heavy (non-hydrogen) atoms. The Morgan fingerprint density at radius 1 is 1.03 bits per heavy atom. The lowest BCUT2D eigenvalue weighted by atomic mass is 9.47. The molecular weight excluding hydrogens is 388 g/mol. The molecule has 10 atom stereocenters. The van der Waals surface area contributed by atoms with Crippen molar-refractivity contribution in [3.63, 3.8) is 0 Å². The van der Waals surface area contributed by atoms with Crippen LogP contribution < -0.4 is 0 Å². The number of aliphatic hydroxyl groups excluding tert-OH is 1. The lowest BCUT2D eigenvalue weighted by Gasteiger charge is -2.58. The number of rotatable bonds is 6. The number of hydrogen-bond donors (Lipinski definition) is 1. The van der Waals surface area contributed by atoms with E-state index in [-0.39, 0.29) is 6.10 Å². The third-order valence-corrected chi connectivity index (χ3v) is 12.8. The van der Waals surface area contributed by atoms with Gasteiger partial charge in [0.15, 0.2) is 0 Å². The minimum atomic E-state index is -0.0793. The van der Waals surface area contributed by atoms with Crippen LogP contribution in [0.1, 0.15) is 119 Å². The second-order valence-corrected chi connectivity index (χ2v) is 14.1. The monoisotopic (exact) mass is 440 g/mol. The minimum absolute atomic E-state index is 0.0793. The Morgan fingerprint density at radius 2 is 1.81 bits per heavy atom. The highest BCUT2D eigenvalue weighted by atomic mass is 16.3. The lowest BCUT2D eigenvalue weighted by molar-refractivity contribution is -0.0576. The summed E-state index contributed by atoms with van der Waals surface area (Å²) in [6.45, 7) is 15.3. The minimum Gasteiger partial charge on any atom is -0.393 e. The molecule has 5 rings (SSSR count). The summed E-state index contributed by atoms with van der Waals surface area (Å²) in [6.07, 6.45) is 18.8. The number of aliphatic hydroxyl groups is 1. The molecule has 0 aromatic carbocycles. The van der Waals surface area contributed by atoms with Crippen molar-refractivity contribution < 1.29 is 5.11 Å². The maximum atomic E-state index is 10.3. The average Bonchev–Trinajstić information content (AvgIpc) is 3.38. The molecule has 182 valence electrons. The molecule has 1 nitrogen and oxygen atoms in total. The first kappa shape index (κ1) is 23.4. The summed E-state index contributed by atoms with van der Waals surface area (Å²) in [4.78, 5) is 0. The van der Waals surface area contributed by atoms with Crippen LogP contribution in [-0.4, -0.2) is 11.2 Å². The maximum absolute atomic E-state index is 10.3. The van der Waals surface area contributed by atoms with E-state index in [1.54, 1.807) is 5.57 Å². The Labute approximate surface area is 199 Å². The van der Waals surface area contributed by atoms with Crippen molar-refractivity contribution in [2.75, 3.05) is 0 Å². The second kappa shape index (κ2) is 8.13. The summed E-state index contributed by atoms with van der Waals surface area (Å²) in [5, 5.41) is 10.3. The third-order valence-electron chi connectivity index (χ3n) is 12.8. The zero-order valence-corrected chi connectivity index (χ0v) is 22.1. The van der Waals surface area contributed by atoms with Gasteiger partial charge in [-0.2, -0.15) is 0 Å². The molecule has 4 fully saturated rings. The van der Waals surface area contributed by atoms with Gasteiger partial charge in [0.1, 0.15) is 0 Å². The molecule has 1 heteroatoms. The first-order valence-corrected chi connectivity index (χ1v) is 14.5. The van der Waals surface area contributed by atoms with Gasteiger partial charge in [-0.25, -0.2) is 0 Å². The molecule has 0 radical (unpaired) electrons. The molecule has 0 saturated heterocycles. The van der Waals surface area contributed by atoms with Crippen LogP contribution in [0.3, 0.4) is 0 Å². The van der Waals surface area contributed by atoms with Crippen molar-refractivity contribution in [1.82, 2.24) is 0 Å². The molecule has 0 aromatic rings. The summed E-state index contributed by atoms with van der Waals surface area (Å²) in [5.41, 5.74) is 3.27. The van der Waals surface area contributed by atoms with Crippen molar-refractivity contribution in [2.24, 2.45) is 57.7 Å². The van der Waals surface area contributed by atoms with E-state index in [4.69, 9.17) is 0 Å². The largest absolute Gasteiger partial charge is 0.393 e. The van der Waals surface area contributed by atoms with Crippen LogP contribution in [0.15, 0.2) is 11.6 Å². The highest BCUT2D eigenvalue weighted by molar-refractivity contribution is 5.25. The van der Waals surface area contributed by atoms with Crippen molar-refractivity contribution in [3.8, 4) is 0 Å². The second-order valence-electron chi connectivity index (χ2n) is 14.1. The smallest absolute Gasteiger partial charge is 0.0577 e. The van der Waals surface area contributed by atoms with Gasteiger partial charge in [0.2, 0.25) is 0 Å². The molecule has 0 bridgehead atoms. The van der Waals surface area contributed by atoms with Crippen molar-refractivity contribution in [3.05, 3.63) is 11.6 Å². The Bertz CT molecular complexity index is 737. The van der Waals surface area contributed by atoms with E-state index < -0.39 is 0 Å². The van der Waals surface area contributed by atoms with Gasteiger partial charge in [-0.05, 0) is 128 Å². The van der Waals surface area contributed by atoms with Crippen LogP contribution >= 0.6 is 0 Å². The third kappa shape index (κ3) is 3.41. The van der Waals surface area contributed by atoms with Gasteiger partial charge in [-0.3, -0.25) is 0 Å². The van der Waals surface area contributed by atoms with Crippen LogP contribution in [0.25, 0.3) is 0 Å². The maximum Gasteiger partial charge on any atom is 0.0577 e. The number of hydrogen-bond acceptors (Lipinski definition) is 1. The van der Waals surface area contributed by atoms with Crippen LogP contribution in [0.5, 0.6) is 0 Å². The van der Waals surface area contributed by atoms with Gasteiger partial charge in [0.25, 0.3) is 0 Å². The molecule has 5 aliphatic rings. The molecule has 0 spiro atoms. The zero-order chi connectivity index (χ0) is 22.9. The molecule has 0 aliphatic heterocycles. The molecule has 0 amide bonds. The standard InChI is InChI=1S/C31H52O/c1-7-22-19-31(22,20(2)3)17-12-21(4)26-10-11-27-25-9-8-23-18-24(32)13-15-29(23,5)28(25)14-16-30(26,27)6/h8,20-22,24-28,32H,7,9-19H2,1-6H3. The van der Waals surface area contributed by atoms with E-state index in [1.165, 1.54) is 64.2 Å². The number of allylic oxidation sites excluding steroid dienone is 1. The molecule has 5 aliphatic carbocycles. The van der Waals surface area contributed by atoms with Crippen molar-refractivity contribution >= 4 is 0 Å². The first-order valence-electron chi connectivity index (χ1n) is 14.5. The summed E-state index contributed by atoms with van der Waals surface area (Å²) < 4.78 is 0. The fourth-order valence-electron chi connectivity index (χ4n) is 10.6. The molecule has 4 saturated carbocycles. The fourth-order valence-corrected chi connectivity index (χ4v) is 10.6. The van der Waals surface area contributed by atoms with E-state index >= 15 is 0 Å². The predicted octanol–water partition coefficient (Wildman–Crippen LogP) is 8.41. The van der Waals surface area contributed by atoms with Crippen molar-refractivity contribution in [2.45, 2.75) is 125 Å². The van der Waals surface area contributed by atoms with Crippen LogP contribution in [0, 0.1) is 57.7 Å². The van der Waals surface area contributed by atoms with Crippen LogP contribution in [0.2, 0.25) is 0 Å². The van der Waals surface area contributed by atoms with Gasteiger partial charge >= 0.3 is 0 Å². The number of fused-ring (bicyclic) bond motifs is 5.